The number of nitrogens with two attached hydrogens (primary N) is 1. The van der Waals surface area contributed by atoms with E-state index in [0.717, 1.165) is 68.7 Å². The molecule has 1 saturated heterocycles. The van der Waals surface area contributed by atoms with Gasteiger partial charge in [0.1, 0.15) is 5.75 Å². The number of benzene rings is 2. The topological polar surface area (TPSA) is 128 Å². The fourth-order valence-electron chi connectivity index (χ4n) is 7.75. The number of hydrogen-bond donors (Lipinski definition) is 2. The summed E-state index contributed by atoms with van der Waals surface area (Å²) in [5, 5.41) is 15.8. The van der Waals surface area contributed by atoms with Crippen LogP contribution in [-0.2, 0) is 31.3 Å². The molecule has 234 valence electrons. The third-order valence-electron chi connectivity index (χ3n) is 9.85. The maximum absolute atomic E-state index is 12.0. The highest BCUT2D eigenvalue weighted by Crippen LogP contribution is 2.47. The minimum atomic E-state index is -3.61. The van der Waals surface area contributed by atoms with E-state index in [1.165, 1.54) is 11.1 Å². The fourth-order valence-corrected chi connectivity index (χ4v) is 8.68. The van der Waals surface area contributed by atoms with Crippen molar-refractivity contribution in [2.24, 2.45) is 17.0 Å². The number of hydrogen-bond acceptors (Lipinski definition) is 7. The number of ether oxygens (including phenoxy) is 3. The van der Waals surface area contributed by atoms with Crippen molar-refractivity contribution in [3.63, 3.8) is 0 Å². The number of carboxylic acid groups (broad SMARTS) is 1. The molecule has 0 amide bonds. The van der Waals surface area contributed by atoms with Crippen LogP contribution in [-0.4, -0.2) is 69.9 Å². The Bertz CT molecular complexity index is 1470. The summed E-state index contributed by atoms with van der Waals surface area (Å²) < 4.78 is 41.9. The Kier molecular flexibility index (Phi) is 8.69. The number of anilines is 1. The Labute approximate surface area is 258 Å². The first-order valence-corrected chi connectivity index (χ1v) is 17.4. The van der Waals surface area contributed by atoms with Crippen molar-refractivity contribution in [1.29, 1.82) is 0 Å². The third kappa shape index (κ3) is 6.68. The average molecular weight is 633 g/mol. The van der Waals surface area contributed by atoms with E-state index in [1.807, 2.05) is 6.07 Å². The zero-order valence-corrected chi connectivity index (χ0v) is 26.1. The highest BCUT2D eigenvalue weighted by molar-refractivity contribution is 7.89. The highest BCUT2D eigenvalue weighted by Gasteiger charge is 2.45. The van der Waals surface area contributed by atoms with Crippen LogP contribution in [0.3, 0.4) is 0 Å². The molecule has 2 aliphatic heterocycles. The van der Waals surface area contributed by atoms with Gasteiger partial charge in [-0.3, -0.25) is 0 Å². The van der Waals surface area contributed by atoms with Crippen LogP contribution in [0.2, 0.25) is 5.02 Å². The SMILES string of the molecule is C[C@@H](CS(N)(=O)=O)O[C@@H]1CCO[C@H]([C@@H]2CC[C@H]2CN2C[C@@]3(CCCc4cc(Cl)ccc43)COc3ccc(C(=O)O)cc32)C1. The number of fused-ring (bicyclic) bond motifs is 3. The molecule has 43 heavy (non-hydrogen) atoms. The number of halogens is 1. The van der Waals surface area contributed by atoms with E-state index >= 15 is 0 Å². The summed E-state index contributed by atoms with van der Waals surface area (Å²) in [4.78, 5) is 14.3. The molecule has 1 saturated carbocycles. The molecule has 2 aliphatic carbocycles. The lowest BCUT2D eigenvalue weighted by Crippen LogP contribution is -2.51. The molecule has 2 heterocycles. The van der Waals surface area contributed by atoms with E-state index in [9.17, 15) is 18.3 Å². The first-order valence-electron chi connectivity index (χ1n) is 15.3. The smallest absolute Gasteiger partial charge is 0.335 e. The summed E-state index contributed by atoms with van der Waals surface area (Å²) >= 11 is 6.39. The summed E-state index contributed by atoms with van der Waals surface area (Å²) in [7, 11) is -3.61. The van der Waals surface area contributed by atoms with E-state index in [4.69, 9.17) is 31.0 Å². The van der Waals surface area contributed by atoms with Gasteiger partial charge in [-0.15, -0.1) is 0 Å². The van der Waals surface area contributed by atoms with Crippen LogP contribution < -0.4 is 14.8 Å². The van der Waals surface area contributed by atoms with Crippen molar-refractivity contribution < 1.29 is 32.5 Å². The molecule has 4 aliphatic rings. The second-order valence-corrected chi connectivity index (χ2v) is 15.0. The lowest BCUT2D eigenvalue weighted by Gasteiger charge is -2.48. The quantitative estimate of drug-likeness (QED) is 0.426. The Morgan fingerprint density at radius 3 is 2.81 bits per heavy atom. The minimum absolute atomic E-state index is 0.0266. The highest BCUT2D eigenvalue weighted by atomic mass is 35.5. The minimum Gasteiger partial charge on any atom is -0.490 e. The van der Waals surface area contributed by atoms with Gasteiger partial charge in [-0.25, -0.2) is 18.4 Å². The summed E-state index contributed by atoms with van der Waals surface area (Å²) in [5.74, 6) is 0.246. The molecular formula is C32H41ClN2O7S. The maximum atomic E-state index is 12.0. The number of carbonyl (C=O) groups is 1. The Balaban J connectivity index is 1.24. The molecule has 2 fully saturated rings. The van der Waals surface area contributed by atoms with Gasteiger partial charge in [0.05, 0.1) is 41.9 Å². The van der Waals surface area contributed by atoms with Gasteiger partial charge in [-0.05, 0) is 98.7 Å². The van der Waals surface area contributed by atoms with Gasteiger partial charge in [-0.2, -0.15) is 0 Å². The Morgan fingerprint density at radius 1 is 1.23 bits per heavy atom. The van der Waals surface area contributed by atoms with Gasteiger partial charge in [0, 0.05) is 36.6 Å². The molecular weight excluding hydrogens is 592 g/mol. The monoisotopic (exact) mass is 632 g/mol. The van der Waals surface area contributed by atoms with E-state index in [1.54, 1.807) is 25.1 Å². The Morgan fingerprint density at radius 2 is 2.07 bits per heavy atom. The van der Waals surface area contributed by atoms with Gasteiger partial charge in [0.25, 0.3) is 0 Å². The van der Waals surface area contributed by atoms with Crippen LogP contribution >= 0.6 is 11.6 Å². The van der Waals surface area contributed by atoms with Crippen molar-refractivity contribution in [2.75, 3.05) is 37.0 Å². The average Bonchev–Trinajstić information content (AvgIpc) is 3.07. The van der Waals surface area contributed by atoms with Crippen molar-refractivity contribution in [1.82, 2.24) is 0 Å². The van der Waals surface area contributed by atoms with Crippen molar-refractivity contribution in [3.05, 3.63) is 58.1 Å². The molecule has 0 bridgehead atoms. The first-order chi connectivity index (χ1) is 20.5. The predicted octanol–water partition coefficient (Wildman–Crippen LogP) is 4.78. The number of aryl methyl sites for hydroxylation is 1. The van der Waals surface area contributed by atoms with Crippen LogP contribution in [0.25, 0.3) is 0 Å². The number of nitrogens with zero attached hydrogens (tertiary/aromatic N) is 1. The molecule has 9 nitrogen and oxygen atoms in total. The number of rotatable bonds is 8. The number of aromatic carboxylic acids is 1. The van der Waals surface area contributed by atoms with Gasteiger partial charge >= 0.3 is 5.97 Å². The summed E-state index contributed by atoms with van der Waals surface area (Å²) in [6.45, 7) is 4.34. The normalized spacial score (nSPS) is 29.5. The molecule has 1 spiro atoms. The lowest BCUT2D eigenvalue weighted by molar-refractivity contribution is -0.126. The van der Waals surface area contributed by atoms with E-state index < -0.39 is 22.1 Å². The molecule has 11 heteroatoms. The zero-order valence-electron chi connectivity index (χ0n) is 24.5. The van der Waals surface area contributed by atoms with Crippen LogP contribution in [0.1, 0.15) is 66.9 Å². The Hall–Kier alpha value is -2.37. The van der Waals surface area contributed by atoms with Crippen molar-refractivity contribution >= 4 is 33.3 Å². The van der Waals surface area contributed by atoms with Crippen LogP contribution in [0, 0.1) is 11.8 Å². The second kappa shape index (κ2) is 12.2. The lowest BCUT2D eigenvalue weighted by atomic mass is 9.67. The largest absolute Gasteiger partial charge is 0.490 e. The number of primary sulfonamides is 1. The summed E-state index contributed by atoms with van der Waals surface area (Å²) in [6.07, 6.45) is 6.03. The van der Waals surface area contributed by atoms with Gasteiger partial charge in [-0.1, -0.05) is 17.7 Å². The molecule has 0 radical (unpaired) electrons. The number of sulfonamides is 1. The zero-order chi connectivity index (χ0) is 30.4. The van der Waals surface area contributed by atoms with E-state index in [-0.39, 0.29) is 28.9 Å². The fraction of sp³-hybridized carbons (Fsp3) is 0.594. The van der Waals surface area contributed by atoms with Crippen LogP contribution in [0.4, 0.5) is 5.69 Å². The second-order valence-electron chi connectivity index (χ2n) is 12.9. The molecule has 2 aromatic carbocycles. The van der Waals surface area contributed by atoms with Crippen LogP contribution in [0.5, 0.6) is 5.75 Å². The molecule has 2 aromatic rings. The van der Waals surface area contributed by atoms with E-state index in [2.05, 4.69) is 17.0 Å². The third-order valence-corrected chi connectivity index (χ3v) is 11.0. The van der Waals surface area contributed by atoms with E-state index in [0.29, 0.717) is 30.8 Å². The number of carboxylic acids is 1. The molecule has 6 rings (SSSR count). The summed E-state index contributed by atoms with van der Waals surface area (Å²) in [5.41, 5.74) is 3.37. The molecule has 0 unspecified atom stereocenters. The van der Waals surface area contributed by atoms with Crippen molar-refractivity contribution in [3.8, 4) is 5.75 Å². The van der Waals surface area contributed by atoms with Crippen LogP contribution in [0.15, 0.2) is 36.4 Å². The standard InChI is InChI=1S/C32H41ClN2O7S/c1-20(17-43(34,38)39)42-25-10-12-40-30(15-25)26-7-4-23(26)16-35-18-32(11-2-3-21-13-24(33)6-8-27(21)32)19-41-29-9-5-22(31(36)37)14-28(29)35/h5-6,8-9,13-14,20,23,25-26,30H,2-4,7,10-12,15-19H2,1H3,(H,36,37)(H2,34,38,39)/t20-,23-,25+,26+,30-,32-/m0/s1. The predicted molar refractivity (Wildman–Crippen MR) is 165 cm³/mol. The molecule has 6 atom stereocenters. The van der Waals surface area contributed by atoms with Gasteiger partial charge < -0.3 is 24.2 Å². The van der Waals surface area contributed by atoms with Gasteiger partial charge in [0.15, 0.2) is 0 Å². The van der Waals surface area contributed by atoms with Gasteiger partial charge in [0.2, 0.25) is 10.0 Å². The van der Waals surface area contributed by atoms with Crippen molar-refractivity contribution in [2.45, 2.75) is 75.6 Å². The molecule has 0 aromatic heterocycles. The summed E-state index contributed by atoms with van der Waals surface area (Å²) in [6, 6.07) is 11.4. The maximum Gasteiger partial charge on any atom is 0.335 e. The first kappa shape index (κ1) is 30.6. The molecule has 3 N–H and O–H groups in total.